The summed E-state index contributed by atoms with van der Waals surface area (Å²) in [6.07, 6.45) is 5.92. The number of carbonyl (C=O) groups excluding carboxylic acids is 2. The zero-order valence-corrected chi connectivity index (χ0v) is 19.0. The molecule has 1 aromatic heterocycles. The number of anilines is 1. The maximum Gasteiger partial charge on any atom is 0.300 e. The number of ketones is 1. The second kappa shape index (κ2) is 8.17. The molecule has 35 heavy (non-hydrogen) atoms. The van der Waals surface area contributed by atoms with E-state index in [4.69, 9.17) is 0 Å². The second-order valence-corrected chi connectivity index (χ2v) is 9.14. The van der Waals surface area contributed by atoms with Crippen LogP contribution in [-0.4, -0.2) is 26.9 Å². The summed E-state index contributed by atoms with van der Waals surface area (Å²) in [7, 11) is 0. The zero-order chi connectivity index (χ0) is 24.1. The summed E-state index contributed by atoms with van der Waals surface area (Å²) in [5, 5.41) is 22.9. The van der Waals surface area contributed by atoms with Gasteiger partial charge in [0.25, 0.3) is 11.7 Å². The van der Waals surface area contributed by atoms with E-state index in [1.807, 2.05) is 42.5 Å². The van der Waals surface area contributed by atoms with Crippen LogP contribution in [0.3, 0.4) is 0 Å². The Morgan fingerprint density at radius 3 is 2.49 bits per heavy atom. The highest BCUT2D eigenvalue weighted by atomic mass is 16.3. The average molecular weight is 465 g/mol. The van der Waals surface area contributed by atoms with Gasteiger partial charge in [0, 0.05) is 28.2 Å². The summed E-state index contributed by atoms with van der Waals surface area (Å²) in [5.41, 5.74) is 4.69. The number of aryl methyl sites for hydroxylation is 2. The number of aliphatic hydroxyl groups is 1. The van der Waals surface area contributed by atoms with Crippen molar-refractivity contribution < 1.29 is 19.8 Å². The number of Topliss-reactive ketones (excluding diaryl/α,β-unsaturated/α-hetero) is 1. The molecule has 1 unspecified atom stereocenters. The molecule has 0 saturated carbocycles. The van der Waals surface area contributed by atoms with E-state index in [1.165, 1.54) is 22.1 Å². The van der Waals surface area contributed by atoms with Crippen LogP contribution in [0.15, 0.2) is 78.5 Å². The molecule has 6 heteroatoms. The second-order valence-electron chi connectivity index (χ2n) is 9.14. The van der Waals surface area contributed by atoms with Crippen molar-refractivity contribution in [2.75, 3.05) is 4.90 Å². The smallest absolute Gasteiger partial charge is 0.300 e. The van der Waals surface area contributed by atoms with Crippen molar-refractivity contribution in [2.45, 2.75) is 31.7 Å². The number of phenolic OH excluding ortho intramolecular Hbond substituents is 1. The maximum absolute atomic E-state index is 13.4. The van der Waals surface area contributed by atoms with Crippen LogP contribution in [-0.2, 0) is 22.4 Å². The number of nitrogens with zero attached hydrogens (tertiary/aromatic N) is 1. The van der Waals surface area contributed by atoms with E-state index in [0.717, 1.165) is 36.6 Å². The van der Waals surface area contributed by atoms with E-state index in [-0.39, 0.29) is 22.8 Å². The van der Waals surface area contributed by atoms with Crippen molar-refractivity contribution in [1.82, 2.24) is 4.98 Å². The third-order valence-corrected chi connectivity index (χ3v) is 7.12. The number of phenols is 1. The van der Waals surface area contributed by atoms with E-state index in [1.54, 1.807) is 24.4 Å². The van der Waals surface area contributed by atoms with Gasteiger partial charge in [0.1, 0.15) is 11.5 Å². The predicted molar refractivity (Wildman–Crippen MR) is 134 cm³/mol. The standard InChI is InChI=1S/C29H24N2O4/c32-24-12-6-5-11-23(24)31-26(21-16-30-22-10-4-3-9-20(21)22)25(28(34)29(31)35)27(33)19-14-13-17-7-1-2-8-18(17)15-19/h3-6,9-16,26,30,32-33H,1-2,7-8H2/b27-25+. The van der Waals surface area contributed by atoms with Gasteiger partial charge in [-0.2, -0.15) is 0 Å². The zero-order valence-electron chi connectivity index (χ0n) is 19.0. The normalized spacial score (nSPS) is 19.3. The average Bonchev–Trinajstić information content (AvgIpc) is 3.42. The molecule has 0 radical (unpaired) electrons. The van der Waals surface area contributed by atoms with Crippen molar-refractivity contribution in [3.8, 4) is 5.75 Å². The molecule has 1 fully saturated rings. The fourth-order valence-corrected chi connectivity index (χ4v) is 5.40. The minimum atomic E-state index is -0.907. The van der Waals surface area contributed by atoms with E-state index >= 15 is 0 Å². The van der Waals surface area contributed by atoms with E-state index < -0.39 is 17.7 Å². The van der Waals surface area contributed by atoms with Crippen molar-refractivity contribution in [3.05, 3.63) is 101 Å². The van der Waals surface area contributed by atoms with Crippen LogP contribution in [0.1, 0.15) is 41.1 Å². The highest BCUT2D eigenvalue weighted by Crippen LogP contribution is 2.46. The van der Waals surface area contributed by atoms with Gasteiger partial charge in [-0.1, -0.05) is 42.5 Å². The van der Waals surface area contributed by atoms with Crippen molar-refractivity contribution in [1.29, 1.82) is 0 Å². The molecule has 3 N–H and O–H groups in total. The van der Waals surface area contributed by atoms with E-state index in [9.17, 15) is 19.8 Å². The first-order valence-electron chi connectivity index (χ1n) is 11.8. The number of para-hydroxylation sites is 3. The summed E-state index contributed by atoms with van der Waals surface area (Å²) in [4.78, 5) is 31.3. The maximum atomic E-state index is 13.4. The van der Waals surface area contributed by atoms with Crippen LogP contribution in [0.25, 0.3) is 16.7 Å². The molecule has 6 rings (SSSR count). The molecule has 174 valence electrons. The summed E-state index contributed by atoms with van der Waals surface area (Å²) in [5.74, 6) is -1.89. The molecule has 1 saturated heterocycles. The number of fused-ring (bicyclic) bond motifs is 2. The number of hydrogen-bond donors (Lipinski definition) is 3. The summed E-state index contributed by atoms with van der Waals surface area (Å²) >= 11 is 0. The lowest BCUT2D eigenvalue weighted by Crippen LogP contribution is -2.29. The molecular formula is C29H24N2O4. The molecular weight excluding hydrogens is 440 g/mol. The van der Waals surface area contributed by atoms with Gasteiger partial charge >= 0.3 is 0 Å². The molecule has 1 amide bonds. The summed E-state index contributed by atoms with van der Waals surface area (Å²) in [6, 6.07) is 18.9. The number of aromatic nitrogens is 1. The molecule has 0 spiro atoms. The lowest BCUT2D eigenvalue weighted by Gasteiger charge is -2.25. The Bertz CT molecular complexity index is 1530. The van der Waals surface area contributed by atoms with Crippen LogP contribution in [0.2, 0.25) is 0 Å². The molecule has 2 aliphatic rings. The van der Waals surface area contributed by atoms with Crippen molar-refractivity contribution >= 4 is 34.0 Å². The van der Waals surface area contributed by atoms with E-state index in [2.05, 4.69) is 4.98 Å². The number of nitrogens with one attached hydrogen (secondary N) is 1. The van der Waals surface area contributed by atoms with Crippen LogP contribution in [0.4, 0.5) is 5.69 Å². The Kier molecular flexibility index (Phi) is 4.95. The largest absolute Gasteiger partial charge is 0.507 e. The quantitative estimate of drug-likeness (QED) is 0.216. The third kappa shape index (κ3) is 3.33. The number of carbonyl (C=O) groups is 2. The topological polar surface area (TPSA) is 93.6 Å². The number of aliphatic hydroxyl groups excluding tert-OH is 1. The Morgan fingerprint density at radius 2 is 1.66 bits per heavy atom. The van der Waals surface area contributed by atoms with Gasteiger partial charge in [-0.25, -0.2) is 0 Å². The van der Waals surface area contributed by atoms with Crippen LogP contribution < -0.4 is 4.90 Å². The molecule has 1 aliphatic heterocycles. The molecule has 4 aromatic rings. The van der Waals surface area contributed by atoms with Crippen LogP contribution in [0.5, 0.6) is 5.75 Å². The van der Waals surface area contributed by atoms with E-state index in [0.29, 0.717) is 11.1 Å². The molecule has 3 aromatic carbocycles. The molecule has 6 nitrogen and oxygen atoms in total. The van der Waals surface area contributed by atoms with Crippen molar-refractivity contribution in [2.24, 2.45) is 0 Å². The number of aromatic amines is 1. The lowest BCUT2D eigenvalue weighted by molar-refractivity contribution is -0.132. The molecule has 0 bridgehead atoms. The molecule has 2 heterocycles. The first-order valence-corrected chi connectivity index (χ1v) is 11.8. The van der Waals surface area contributed by atoms with Gasteiger partial charge in [-0.15, -0.1) is 0 Å². The Balaban J connectivity index is 1.59. The Morgan fingerprint density at radius 1 is 0.914 bits per heavy atom. The Labute approximate surface area is 202 Å². The van der Waals surface area contributed by atoms with Gasteiger partial charge in [-0.3, -0.25) is 14.5 Å². The van der Waals surface area contributed by atoms with Gasteiger partial charge in [-0.05, 0) is 61.1 Å². The number of H-pyrrole nitrogens is 1. The summed E-state index contributed by atoms with van der Waals surface area (Å²) in [6.45, 7) is 0. The molecule has 1 aliphatic carbocycles. The fourth-order valence-electron chi connectivity index (χ4n) is 5.40. The Hall–Kier alpha value is -4.32. The number of hydrogen-bond acceptors (Lipinski definition) is 4. The van der Waals surface area contributed by atoms with Crippen LogP contribution in [0, 0.1) is 0 Å². The lowest BCUT2D eigenvalue weighted by atomic mass is 9.88. The van der Waals surface area contributed by atoms with Gasteiger partial charge in [0.05, 0.1) is 17.3 Å². The minimum absolute atomic E-state index is 0.0127. The fraction of sp³-hybridized carbons (Fsp3) is 0.172. The van der Waals surface area contributed by atoms with Gasteiger partial charge < -0.3 is 15.2 Å². The number of aromatic hydroxyl groups is 1. The van der Waals surface area contributed by atoms with Crippen LogP contribution >= 0.6 is 0 Å². The number of benzene rings is 3. The highest BCUT2D eigenvalue weighted by molar-refractivity contribution is 6.52. The first kappa shape index (κ1) is 21.2. The third-order valence-electron chi connectivity index (χ3n) is 7.12. The molecule has 1 atom stereocenters. The number of amides is 1. The van der Waals surface area contributed by atoms with Gasteiger partial charge in [0.15, 0.2) is 0 Å². The van der Waals surface area contributed by atoms with Crippen molar-refractivity contribution in [3.63, 3.8) is 0 Å². The SMILES string of the molecule is O=C1C(=O)N(c2ccccc2O)C(c2c[nH]c3ccccc23)/C1=C(\O)c1ccc2c(c1)CCCC2. The predicted octanol–water partition coefficient (Wildman–Crippen LogP) is 5.38. The summed E-state index contributed by atoms with van der Waals surface area (Å²) < 4.78 is 0. The number of rotatable bonds is 3. The van der Waals surface area contributed by atoms with Gasteiger partial charge in [0.2, 0.25) is 0 Å². The monoisotopic (exact) mass is 464 g/mol. The first-order chi connectivity index (χ1) is 17.0. The minimum Gasteiger partial charge on any atom is -0.507 e. The highest BCUT2D eigenvalue weighted by Gasteiger charge is 2.48.